The average molecular weight is 236 g/mol. The lowest BCUT2D eigenvalue weighted by atomic mass is 10.0. The number of amidine groups is 1. The predicted molar refractivity (Wildman–Crippen MR) is 68.6 cm³/mol. The second kappa shape index (κ2) is 6.13. The molecule has 1 unspecified atom stereocenters. The Bertz CT molecular complexity index is 372. The number of nitrogens with two attached hydrogens (primary N) is 1. The van der Waals surface area contributed by atoms with Crippen LogP contribution in [0.25, 0.3) is 0 Å². The fraction of sp³-hybridized carbons (Fsp3) is 0.462. The smallest absolute Gasteiger partial charge is 0.180 e. The first-order chi connectivity index (χ1) is 8.08. The quantitative estimate of drug-likeness (QED) is 0.357. The maximum Gasteiger partial charge on any atom is 0.180 e. The van der Waals surface area contributed by atoms with Gasteiger partial charge in [0.2, 0.25) is 0 Å². The number of nitrogens with zero attached hydrogens (tertiary/aromatic N) is 1. The topological polar surface area (TPSA) is 67.8 Å². The van der Waals surface area contributed by atoms with Gasteiger partial charge in [-0.05, 0) is 30.0 Å². The molecule has 0 fully saturated rings. The highest BCUT2D eigenvalue weighted by Crippen LogP contribution is 2.19. The molecular weight excluding hydrogens is 216 g/mol. The van der Waals surface area contributed by atoms with Gasteiger partial charge in [-0.15, -0.1) is 0 Å². The van der Waals surface area contributed by atoms with Crippen molar-refractivity contribution in [2.24, 2.45) is 10.9 Å². The van der Waals surface area contributed by atoms with Crippen LogP contribution in [-0.2, 0) is 0 Å². The fourth-order valence-electron chi connectivity index (χ4n) is 1.51. The van der Waals surface area contributed by atoms with Gasteiger partial charge in [0.25, 0.3) is 0 Å². The van der Waals surface area contributed by atoms with Gasteiger partial charge < -0.3 is 15.7 Å². The summed E-state index contributed by atoms with van der Waals surface area (Å²) in [6.07, 6.45) is 0.270. The van der Waals surface area contributed by atoms with Crippen LogP contribution in [0.1, 0.15) is 38.7 Å². The Kier molecular flexibility index (Phi) is 4.82. The lowest BCUT2D eigenvalue weighted by Crippen LogP contribution is -2.33. The molecule has 0 amide bonds. The lowest BCUT2D eigenvalue weighted by Gasteiger charge is -2.16. The maximum atomic E-state index is 8.61. The Balaban J connectivity index is 2.74. The number of hydrogen-bond donors (Lipinski definition) is 2. The van der Waals surface area contributed by atoms with E-state index >= 15 is 0 Å². The van der Waals surface area contributed by atoms with Crippen LogP contribution in [0, 0.1) is 0 Å². The van der Waals surface area contributed by atoms with Crippen LogP contribution in [0.15, 0.2) is 29.4 Å². The Labute approximate surface area is 102 Å². The molecule has 1 aromatic rings. The van der Waals surface area contributed by atoms with Crippen LogP contribution >= 0.6 is 0 Å². The summed E-state index contributed by atoms with van der Waals surface area (Å²) >= 11 is 0. The van der Waals surface area contributed by atoms with Gasteiger partial charge in [0, 0.05) is 0 Å². The van der Waals surface area contributed by atoms with E-state index in [0.29, 0.717) is 12.3 Å². The van der Waals surface area contributed by atoms with Crippen molar-refractivity contribution in [2.75, 3.05) is 0 Å². The van der Waals surface area contributed by atoms with E-state index < -0.39 is 0 Å². The third-order valence-electron chi connectivity index (χ3n) is 2.64. The van der Waals surface area contributed by atoms with E-state index in [4.69, 9.17) is 15.7 Å². The molecule has 1 atom stereocenters. The summed E-state index contributed by atoms with van der Waals surface area (Å²) in [6, 6.07) is 7.86. The van der Waals surface area contributed by atoms with E-state index in [0.717, 1.165) is 5.75 Å². The zero-order chi connectivity index (χ0) is 12.8. The van der Waals surface area contributed by atoms with Crippen LogP contribution < -0.4 is 10.5 Å². The lowest BCUT2D eigenvalue weighted by molar-refractivity contribution is 0.246. The van der Waals surface area contributed by atoms with Crippen molar-refractivity contribution in [3.05, 3.63) is 29.8 Å². The molecule has 0 heterocycles. The first kappa shape index (κ1) is 13.4. The van der Waals surface area contributed by atoms with Crippen molar-refractivity contribution in [1.82, 2.24) is 0 Å². The molecule has 17 heavy (non-hydrogen) atoms. The molecule has 0 bridgehead atoms. The van der Waals surface area contributed by atoms with Crippen molar-refractivity contribution in [2.45, 2.75) is 39.2 Å². The molecular formula is C13H20N2O2. The molecule has 0 spiro atoms. The van der Waals surface area contributed by atoms with E-state index in [1.807, 2.05) is 31.2 Å². The normalized spacial score (nSPS) is 13.8. The van der Waals surface area contributed by atoms with E-state index in [2.05, 4.69) is 19.0 Å². The summed E-state index contributed by atoms with van der Waals surface area (Å²) in [7, 11) is 0. The van der Waals surface area contributed by atoms with Crippen molar-refractivity contribution in [3.63, 3.8) is 0 Å². The monoisotopic (exact) mass is 236 g/mol. The number of oxime groups is 1. The van der Waals surface area contributed by atoms with Crippen molar-refractivity contribution in [1.29, 1.82) is 0 Å². The summed E-state index contributed by atoms with van der Waals surface area (Å²) in [5.41, 5.74) is 6.79. The molecule has 94 valence electrons. The minimum atomic E-state index is -0.384. The molecule has 4 nitrogen and oxygen atoms in total. The van der Waals surface area contributed by atoms with Gasteiger partial charge in [-0.1, -0.05) is 38.1 Å². The highest BCUT2D eigenvalue weighted by molar-refractivity contribution is 5.84. The van der Waals surface area contributed by atoms with Gasteiger partial charge in [0.05, 0.1) is 0 Å². The molecule has 0 saturated heterocycles. The summed E-state index contributed by atoms with van der Waals surface area (Å²) in [5.74, 6) is 1.32. The first-order valence-electron chi connectivity index (χ1n) is 5.82. The number of benzene rings is 1. The molecule has 0 radical (unpaired) electrons. The summed E-state index contributed by atoms with van der Waals surface area (Å²) in [6.45, 7) is 6.20. The van der Waals surface area contributed by atoms with Crippen LogP contribution in [0.3, 0.4) is 0 Å². The van der Waals surface area contributed by atoms with Crippen molar-refractivity contribution < 1.29 is 9.94 Å². The average Bonchev–Trinajstić information content (AvgIpc) is 2.35. The summed E-state index contributed by atoms with van der Waals surface area (Å²) < 4.78 is 5.64. The summed E-state index contributed by atoms with van der Waals surface area (Å²) in [4.78, 5) is 0. The SMILES string of the molecule is CCC(Oc1ccc(C(C)C)cc1)C(N)=NO. The first-order valence-corrected chi connectivity index (χ1v) is 5.82. The minimum absolute atomic E-state index is 0.0976. The second-order valence-corrected chi connectivity index (χ2v) is 4.26. The molecule has 3 N–H and O–H groups in total. The van der Waals surface area contributed by atoms with E-state index in [9.17, 15) is 0 Å². The maximum absolute atomic E-state index is 8.61. The van der Waals surface area contributed by atoms with Crippen molar-refractivity contribution in [3.8, 4) is 5.75 Å². The zero-order valence-electron chi connectivity index (χ0n) is 10.6. The van der Waals surface area contributed by atoms with Crippen LogP contribution in [-0.4, -0.2) is 17.1 Å². The Morgan fingerprint density at radius 3 is 2.35 bits per heavy atom. The van der Waals surface area contributed by atoms with Crippen LogP contribution in [0.2, 0.25) is 0 Å². The Morgan fingerprint density at radius 1 is 1.35 bits per heavy atom. The number of hydrogen-bond acceptors (Lipinski definition) is 3. The van der Waals surface area contributed by atoms with Gasteiger partial charge in [-0.25, -0.2) is 0 Å². The molecule has 0 aliphatic heterocycles. The molecule has 0 aliphatic carbocycles. The molecule has 1 rings (SSSR count). The van der Waals surface area contributed by atoms with Gasteiger partial charge in [0.15, 0.2) is 11.9 Å². The minimum Gasteiger partial charge on any atom is -0.482 e. The number of ether oxygens (including phenoxy) is 1. The third-order valence-corrected chi connectivity index (χ3v) is 2.64. The van der Waals surface area contributed by atoms with Gasteiger partial charge in [-0.3, -0.25) is 0 Å². The molecule has 4 heteroatoms. The molecule has 1 aromatic carbocycles. The highest BCUT2D eigenvalue weighted by Gasteiger charge is 2.13. The van der Waals surface area contributed by atoms with Gasteiger partial charge >= 0.3 is 0 Å². The zero-order valence-corrected chi connectivity index (χ0v) is 10.6. The molecule has 0 aromatic heterocycles. The largest absolute Gasteiger partial charge is 0.482 e. The van der Waals surface area contributed by atoms with Crippen molar-refractivity contribution >= 4 is 5.84 Å². The van der Waals surface area contributed by atoms with E-state index in [1.165, 1.54) is 5.56 Å². The van der Waals surface area contributed by atoms with Crippen LogP contribution in [0.4, 0.5) is 0 Å². The highest BCUT2D eigenvalue weighted by atomic mass is 16.5. The van der Waals surface area contributed by atoms with Gasteiger partial charge in [0.1, 0.15) is 5.75 Å². The number of rotatable bonds is 5. The van der Waals surface area contributed by atoms with Gasteiger partial charge in [-0.2, -0.15) is 0 Å². The Morgan fingerprint density at radius 2 is 1.94 bits per heavy atom. The Hall–Kier alpha value is -1.71. The standard InChI is InChI=1S/C13H20N2O2/c1-4-12(13(14)15-16)17-11-7-5-10(6-8-11)9(2)3/h5-9,12,16H,4H2,1-3H3,(H2,14,15). The third kappa shape index (κ3) is 3.66. The predicted octanol–water partition coefficient (Wildman–Crippen LogP) is 2.71. The summed E-state index contributed by atoms with van der Waals surface area (Å²) in [5, 5.41) is 11.6. The van der Waals surface area contributed by atoms with E-state index in [-0.39, 0.29) is 11.9 Å². The second-order valence-electron chi connectivity index (χ2n) is 4.26. The van der Waals surface area contributed by atoms with E-state index in [1.54, 1.807) is 0 Å². The fourth-order valence-corrected chi connectivity index (χ4v) is 1.51. The molecule has 0 saturated carbocycles. The van der Waals surface area contributed by atoms with Crippen LogP contribution in [0.5, 0.6) is 5.75 Å². The molecule has 0 aliphatic rings.